The highest BCUT2D eigenvalue weighted by Crippen LogP contribution is 2.26. The third-order valence-electron chi connectivity index (χ3n) is 1.88. The quantitative estimate of drug-likeness (QED) is 0.872. The SMILES string of the molecule is CC(N)CCOc1cccc(OC(F)(F)F)c1. The summed E-state index contributed by atoms with van der Waals surface area (Å²) in [6.45, 7) is 2.18. The van der Waals surface area contributed by atoms with Crippen LogP contribution in [0.3, 0.4) is 0 Å². The van der Waals surface area contributed by atoms with Gasteiger partial charge in [-0.1, -0.05) is 6.07 Å². The predicted molar refractivity (Wildman–Crippen MR) is 56.9 cm³/mol. The molecule has 2 N–H and O–H groups in total. The highest BCUT2D eigenvalue weighted by atomic mass is 19.4. The van der Waals surface area contributed by atoms with E-state index in [-0.39, 0.29) is 11.8 Å². The molecule has 1 aromatic rings. The van der Waals surface area contributed by atoms with Crippen molar-refractivity contribution in [1.29, 1.82) is 0 Å². The molecule has 0 aliphatic rings. The second-order valence-electron chi connectivity index (χ2n) is 3.64. The zero-order chi connectivity index (χ0) is 12.9. The van der Waals surface area contributed by atoms with Gasteiger partial charge in [-0.2, -0.15) is 0 Å². The first kappa shape index (κ1) is 13.6. The number of ether oxygens (including phenoxy) is 2. The van der Waals surface area contributed by atoms with E-state index in [4.69, 9.17) is 10.5 Å². The molecule has 0 amide bonds. The number of benzene rings is 1. The van der Waals surface area contributed by atoms with Crippen LogP contribution in [0.15, 0.2) is 24.3 Å². The zero-order valence-electron chi connectivity index (χ0n) is 9.33. The Morgan fingerprint density at radius 3 is 2.53 bits per heavy atom. The van der Waals surface area contributed by atoms with E-state index in [1.807, 2.05) is 6.92 Å². The van der Waals surface area contributed by atoms with Gasteiger partial charge >= 0.3 is 6.36 Å². The maximum Gasteiger partial charge on any atom is 0.573 e. The van der Waals surface area contributed by atoms with Gasteiger partial charge in [-0.3, -0.25) is 0 Å². The molecule has 3 nitrogen and oxygen atoms in total. The molecule has 0 saturated carbocycles. The minimum absolute atomic E-state index is 0.00962. The summed E-state index contributed by atoms with van der Waals surface area (Å²) in [5.41, 5.74) is 5.52. The van der Waals surface area contributed by atoms with Crippen LogP contribution in [0.1, 0.15) is 13.3 Å². The third kappa shape index (κ3) is 6.01. The van der Waals surface area contributed by atoms with E-state index >= 15 is 0 Å². The molecule has 0 spiro atoms. The maximum atomic E-state index is 12.0. The van der Waals surface area contributed by atoms with E-state index in [9.17, 15) is 13.2 Å². The van der Waals surface area contributed by atoms with Crippen LogP contribution in [-0.2, 0) is 0 Å². The van der Waals surface area contributed by atoms with Crippen LogP contribution in [0.2, 0.25) is 0 Å². The van der Waals surface area contributed by atoms with Gasteiger partial charge in [0.15, 0.2) is 0 Å². The Balaban J connectivity index is 2.54. The lowest BCUT2D eigenvalue weighted by atomic mass is 10.3. The number of hydrogen-bond acceptors (Lipinski definition) is 3. The molecule has 0 bridgehead atoms. The Morgan fingerprint density at radius 2 is 1.94 bits per heavy atom. The predicted octanol–water partition coefficient (Wildman–Crippen LogP) is 2.70. The minimum atomic E-state index is -4.69. The largest absolute Gasteiger partial charge is 0.573 e. The first-order valence-corrected chi connectivity index (χ1v) is 5.11. The summed E-state index contributed by atoms with van der Waals surface area (Å²) >= 11 is 0. The number of nitrogens with two attached hydrogens (primary N) is 1. The van der Waals surface area contributed by atoms with Crippen molar-refractivity contribution in [3.8, 4) is 11.5 Å². The van der Waals surface area contributed by atoms with Gasteiger partial charge in [-0.15, -0.1) is 13.2 Å². The van der Waals surface area contributed by atoms with Gasteiger partial charge in [0.25, 0.3) is 0 Å². The van der Waals surface area contributed by atoms with Crippen LogP contribution in [-0.4, -0.2) is 19.0 Å². The molecule has 0 aliphatic carbocycles. The lowest BCUT2D eigenvalue weighted by Crippen LogP contribution is -2.18. The van der Waals surface area contributed by atoms with Crippen molar-refractivity contribution in [3.63, 3.8) is 0 Å². The van der Waals surface area contributed by atoms with Crippen LogP contribution < -0.4 is 15.2 Å². The lowest BCUT2D eigenvalue weighted by molar-refractivity contribution is -0.274. The van der Waals surface area contributed by atoms with Crippen molar-refractivity contribution in [2.75, 3.05) is 6.61 Å². The molecule has 1 unspecified atom stereocenters. The van der Waals surface area contributed by atoms with E-state index in [2.05, 4.69) is 4.74 Å². The van der Waals surface area contributed by atoms with Gasteiger partial charge in [0.05, 0.1) is 6.61 Å². The van der Waals surface area contributed by atoms with Crippen LogP contribution in [0.4, 0.5) is 13.2 Å². The van der Waals surface area contributed by atoms with E-state index in [1.54, 1.807) is 6.07 Å². The zero-order valence-corrected chi connectivity index (χ0v) is 9.33. The molecular weight excluding hydrogens is 235 g/mol. The fourth-order valence-corrected chi connectivity index (χ4v) is 1.12. The van der Waals surface area contributed by atoms with Gasteiger partial charge in [-0.25, -0.2) is 0 Å². The Bertz CT molecular complexity index is 353. The molecule has 1 rings (SSSR count). The molecule has 0 aliphatic heterocycles. The number of hydrogen-bond donors (Lipinski definition) is 1. The molecule has 0 radical (unpaired) electrons. The summed E-state index contributed by atoms with van der Waals surface area (Å²) in [4.78, 5) is 0. The first-order valence-electron chi connectivity index (χ1n) is 5.11. The molecule has 0 aromatic heterocycles. The number of halogens is 3. The van der Waals surface area contributed by atoms with E-state index in [0.29, 0.717) is 18.8 Å². The fourth-order valence-electron chi connectivity index (χ4n) is 1.12. The average molecular weight is 249 g/mol. The summed E-state index contributed by atoms with van der Waals surface area (Å²) < 4.78 is 44.9. The first-order chi connectivity index (χ1) is 7.87. The topological polar surface area (TPSA) is 44.5 Å². The van der Waals surface area contributed by atoms with Crippen molar-refractivity contribution < 1.29 is 22.6 Å². The van der Waals surface area contributed by atoms with Crippen molar-refractivity contribution in [2.24, 2.45) is 5.73 Å². The van der Waals surface area contributed by atoms with Gasteiger partial charge in [0.1, 0.15) is 11.5 Å². The number of alkyl halides is 3. The Kier molecular flexibility index (Phi) is 4.62. The van der Waals surface area contributed by atoms with Crippen molar-refractivity contribution in [2.45, 2.75) is 25.7 Å². The summed E-state index contributed by atoms with van der Waals surface area (Å²) in [5, 5.41) is 0. The van der Waals surface area contributed by atoms with E-state index < -0.39 is 6.36 Å². The molecule has 1 atom stereocenters. The van der Waals surface area contributed by atoms with Crippen LogP contribution >= 0.6 is 0 Å². The fraction of sp³-hybridized carbons (Fsp3) is 0.455. The average Bonchev–Trinajstić information content (AvgIpc) is 2.14. The van der Waals surface area contributed by atoms with Crippen molar-refractivity contribution >= 4 is 0 Å². The minimum Gasteiger partial charge on any atom is -0.493 e. The van der Waals surface area contributed by atoms with Gasteiger partial charge in [0, 0.05) is 12.1 Å². The second-order valence-corrected chi connectivity index (χ2v) is 3.64. The Hall–Kier alpha value is -1.43. The second kappa shape index (κ2) is 5.77. The molecule has 17 heavy (non-hydrogen) atoms. The molecule has 0 heterocycles. The van der Waals surface area contributed by atoms with E-state index in [1.165, 1.54) is 18.2 Å². The van der Waals surface area contributed by atoms with Crippen LogP contribution in [0, 0.1) is 0 Å². The molecule has 1 aromatic carbocycles. The smallest absolute Gasteiger partial charge is 0.493 e. The summed E-state index contributed by atoms with van der Waals surface area (Å²) in [6, 6.07) is 5.39. The summed E-state index contributed by atoms with van der Waals surface area (Å²) in [6.07, 6.45) is -4.06. The van der Waals surface area contributed by atoms with Gasteiger partial charge in [-0.05, 0) is 25.5 Å². The normalized spacial score (nSPS) is 13.2. The summed E-state index contributed by atoms with van der Waals surface area (Å²) in [7, 11) is 0. The van der Waals surface area contributed by atoms with Gasteiger partial charge < -0.3 is 15.2 Å². The Labute approximate surface area is 97.3 Å². The highest BCUT2D eigenvalue weighted by molar-refractivity contribution is 5.33. The standard InChI is InChI=1S/C11H14F3NO2/c1-8(15)5-6-16-9-3-2-4-10(7-9)17-11(12,13)14/h2-4,7-8H,5-6,15H2,1H3. The molecule has 96 valence electrons. The monoisotopic (exact) mass is 249 g/mol. The Morgan fingerprint density at radius 1 is 1.29 bits per heavy atom. The van der Waals surface area contributed by atoms with Gasteiger partial charge in [0.2, 0.25) is 0 Å². The summed E-state index contributed by atoms with van der Waals surface area (Å²) in [5.74, 6) is 0.0307. The van der Waals surface area contributed by atoms with Crippen LogP contribution in [0.25, 0.3) is 0 Å². The van der Waals surface area contributed by atoms with E-state index in [0.717, 1.165) is 0 Å². The molecule has 0 fully saturated rings. The lowest BCUT2D eigenvalue weighted by Gasteiger charge is -2.11. The van der Waals surface area contributed by atoms with Crippen molar-refractivity contribution in [3.05, 3.63) is 24.3 Å². The van der Waals surface area contributed by atoms with Crippen molar-refractivity contribution in [1.82, 2.24) is 0 Å². The molecular formula is C11H14F3NO2. The maximum absolute atomic E-state index is 12.0. The third-order valence-corrected chi connectivity index (χ3v) is 1.88. The molecule has 6 heteroatoms. The number of rotatable bonds is 5. The van der Waals surface area contributed by atoms with Crippen LogP contribution in [0.5, 0.6) is 11.5 Å². The highest BCUT2D eigenvalue weighted by Gasteiger charge is 2.31. The molecule has 0 saturated heterocycles.